The number of carbonyl (C=O) groups is 1. The minimum absolute atomic E-state index is 0.0533. The van der Waals surface area contributed by atoms with E-state index in [4.69, 9.17) is 11.6 Å². The number of rotatable bonds is 3. The number of amides is 1. The van der Waals surface area contributed by atoms with Crippen LogP contribution in [0.5, 0.6) is 0 Å². The molecule has 1 aliphatic heterocycles. The number of aryl methyl sites for hydroxylation is 1. The van der Waals surface area contributed by atoms with Crippen molar-refractivity contribution >= 4 is 50.4 Å². The van der Waals surface area contributed by atoms with Gasteiger partial charge in [0.15, 0.2) is 0 Å². The van der Waals surface area contributed by atoms with E-state index in [-0.39, 0.29) is 11.8 Å². The number of aromatic nitrogens is 1. The lowest BCUT2D eigenvalue weighted by atomic mass is 9.96. The normalized spacial score (nSPS) is 17.5. The second-order valence-electron chi connectivity index (χ2n) is 6.70. The van der Waals surface area contributed by atoms with Gasteiger partial charge < -0.3 is 10.2 Å². The number of benzene rings is 1. The Hall–Kier alpha value is -2.11. The van der Waals surface area contributed by atoms with Crippen LogP contribution in [0.25, 0.3) is 10.1 Å². The number of nitrogens with one attached hydrogen (secondary N) is 1. The number of carbonyl (C=O) groups excluding carboxylic acids is 1. The summed E-state index contributed by atoms with van der Waals surface area (Å²) in [6, 6.07) is 9.72. The highest BCUT2D eigenvalue weighted by Gasteiger charge is 2.27. The topological polar surface area (TPSA) is 45.2 Å². The number of anilines is 2. The second kappa shape index (κ2) is 7.25. The van der Waals surface area contributed by atoms with Gasteiger partial charge in [-0.25, -0.2) is 4.98 Å². The fourth-order valence-electron chi connectivity index (χ4n) is 3.48. The first kappa shape index (κ1) is 17.3. The highest BCUT2D eigenvalue weighted by molar-refractivity contribution is 7.17. The maximum absolute atomic E-state index is 12.8. The molecule has 1 amide bonds. The van der Waals surface area contributed by atoms with Crippen molar-refractivity contribution in [2.45, 2.75) is 19.8 Å². The lowest BCUT2D eigenvalue weighted by molar-refractivity contribution is -0.120. The Morgan fingerprint density at radius 1 is 1.35 bits per heavy atom. The fourth-order valence-corrected chi connectivity index (χ4v) is 4.43. The Morgan fingerprint density at radius 3 is 3.12 bits per heavy atom. The van der Waals surface area contributed by atoms with E-state index < -0.39 is 0 Å². The van der Waals surface area contributed by atoms with Crippen LogP contribution >= 0.6 is 22.9 Å². The highest BCUT2D eigenvalue weighted by Crippen LogP contribution is 2.31. The van der Waals surface area contributed by atoms with Gasteiger partial charge in [0, 0.05) is 40.1 Å². The number of hydrogen-bond donors (Lipinski definition) is 1. The minimum atomic E-state index is -0.0576. The molecule has 3 heterocycles. The van der Waals surface area contributed by atoms with Gasteiger partial charge in [0.05, 0.1) is 5.92 Å². The summed E-state index contributed by atoms with van der Waals surface area (Å²) in [6.45, 7) is 3.59. The quantitative estimate of drug-likeness (QED) is 0.681. The Bertz CT molecular complexity index is 955. The van der Waals surface area contributed by atoms with Crippen LogP contribution in [-0.2, 0) is 4.79 Å². The number of piperidine rings is 1. The molecule has 134 valence electrons. The van der Waals surface area contributed by atoms with Gasteiger partial charge in [0.2, 0.25) is 5.91 Å². The van der Waals surface area contributed by atoms with Crippen molar-refractivity contribution < 1.29 is 4.79 Å². The van der Waals surface area contributed by atoms with Crippen molar-refractivity contribution in [2.75, 3.05) is 23.3 Å². The molecular weight excluding hydrogens is 366 g/mol. The number of thiophene rings is 1. The van der Waals surface area contributed by atoms with E-state index in [1.165, 1.54) is 10.1 Å². The highest BCUT2D eigenvalue weighted by atomic mass is 35.5. The molecule has 0 saturated carbocycles. The van der Waals surface area contributed by atoms with Gasteiger partial charge in [-0.1, -0.05) is 17.7 Å². The predicted octanol–water partition coefficient (Wildman–Crippen LogP) is 5.11. The summed E-state index contributed by atoms with van der Waals surface area (Å²) in [4.78, 5) is 19.7. The summed E-state index contributed by atoms with van der Waals surface area (Å²) in [5, 5.41) is 6.95. The summed E-state index contributed by atoms with van der Waals surface area (Å²) < 4.78 is 1.23. The average Bonchev–Trinajstić information content (AvgIpc) is 3.13. The predicted molar refractivity (Wildman–Crippen MR) is 109 cm³/mol. The van der Waals surface area contributed by atoms with Crippen LogP contribution in [0.15, 0.2) is 41.9 Å². The van der Waals surface area contributed by atoms with Crippen molar-refractivity contribution in [3.8, 4) is 0 Å². The van der Waals surface area contributed by atoms with Gasteiger partial charge in [0.25, 0.3) is 0 Å². The van der Waals surface area contributed by atoms with Crippen molar-refractivity contribution in [1.29, 1.82) is 0 Å². The molecule has 1 atom stereocenters. The Kier molecular flexibility index (Phi) is 4.83. The number of hydrogen-bond acceptors (Lipinski definition) is 4. The monoisotopic (exact) mass is 385 g/mol. The zero-order valence-corrected chi connectivity index (χ0v) is 16.1. The SMILES string of the molecule is Cc1ccc(Cl)cc1NC(=O)[C@@H]1CCCN(c2nccc3sccc23)C1. The third-order valence-corrected chi connectivity index (χ3v) is 6.03. The molecule has 6 heteroatoms. The molecule has 1 fully saturated rings. The van der Waals surface area contributed by atoms with Crippen LogP contribution in [0.3, 0.4) is 0 Å². The van der Waals surface area contributed by atoms with E-state index in [2.05, 4.69) is 26.6 Å². The summed E-state index contributed by atoms with van der Waals surface area (Å²) in [7, 11) is 0. The molecule has 3 aromatic rings. The maximum atomic E-state index is 12.8. The standard InChI is InChI=1S/C20H20ClN3OS/c1-13-4-5-15(21)11-17(13)23-20(25)14-3-2-9-24(12-14)19-16-7-10-26-18(16)6-8-22-19/h4-8,10-11,14H,2-3,9,12H2,1H3,(H,23,25)/t14-/m1/s1. The van der Waals surface area contributed by atoms with Crippen LogP contribution in [0.2, 0.25) is 5.02 Å². The van der Waals surface area contributed by atoms with Crippen LogP contribution in [0.1, 0.15) is 18.4 Å². The molecule has 0 aliphatic carbocycles. The van der Waals surface area contributed by atoms with Gasteiger partial charge in [-0.2, -0.15) is 0 Å². The lowest BCUT2D eigenvalue weighted by Crippen LogP contribution is -2.41. The molecule has 1 N–H and O–H groups in total. The first-order chi connectivity index (χ1) is 12.6. The van der Waals surface area contributed by atoms with Crippen LogP contribution in [0.4, 0.5) is 11.5 Å². The Labute approximate surface area is 161 Å². The number of halogens is 1. The molecule has 1 saturated heterocycles. The van der Waals surface area contributed by atoms with E-state index in [1.807, 2.05) is 37.4 Å². The molecule has 4 rings (SSSR count). The lowest BCUT2D eigenvalue weighted by Gasteiger charge is -2.33. The van der Waals surface area contributed by atoms with Gasteiger partial charge in [-0.05, 0) is 55.0 Å². The van der Waals surface area contributed by atoms with E-state index >= 15 is 0 Å². The fraction of sp³-hybridized carbons (Fsp3) is 0.300. The molecule has 26 heavy (non-hydrogen) atoms. The smallest absolute Gasteiger partial charge is 0.229 e. The summed E-state index contributed by atoms with van der Waals surface area (Å²) in [5.74, 6) is 0.982. The number of pyridine rings is 1. The molecule has 2 aromatic heterocycles. The zero-order chi connectivity index (χ0) is 18.1. The van der Waals surface area contributed by atoms with Gasteiger partial charge in [0.1, 0.15) is 5.82 Å². The van der Waals surface area contributed by atoms with Crippen molar-refractivity contribution in [3.05, 3.63) is 52.5 Å². The van der Waals surface area contributed by atoms with Crippen LogP contribution < -0.4 is 10.2 Å². The van der Waals surface area contributed by atoms with Gasteiger partial charge >= 0.3 is 0 Å². The molecule has 0 spiro atoms. The van der Waals surface area contributed by atoms with E-state index in [0.717, 1.165) is 36.5 Å². The molecule has 4 nitrogen and oxygen atoms in total. The average molecular weight is 386 g/mol. The third-order valence-electron chi connectivity index (χ3n) is 4.91. The Morgan fingerprint density at radius 2 is 2.23 bits per heavy atom. The largest absolute Gasteiger partial charge is 0.355 e. The van der Waals surface area contributed by atoms with Gasteiger partial charge in [-0.15, -0.1) is 11.3 Å². The van der Waals surface area contributed by atoms with Crippen molar-refractivity contribution in [1.82, 2.24) is 4.98 Å². The molecule has 1 aromatic carbocycles. The third kappa shape index (κ3) is 3.41. The molecule has 0 bridgehead atoms. The second-order valence-corrected chi connectivity index (χ2v) is 8.08. The molecule has 1 aliphatic rings. The van der Waals surface area contributed by atoms with Crippen LogP contribution in [0, 0.1) is 12.8 Å². The molecular formula is C20H20ClN3OS. The van der Waals surface area contributed by atoms with E-state index in [9.17, 15) is 4.79 Å². The van der Waals surface area contributed by atoms with Crippen molar-refractivity contribution in [2.24, 2.45) is 5.92 Å². The number of fused-ring (bicyclic) bond motifs is 1. The summed E-state index contributed by atoms with van der Waals surface area (Å²) in [6.07, 6.45) is 3.73. The molecule has 0 radical (unpaired) electrons. The number of nitrogens with zero attached hydrogens (tertiary/aromatic N) is 2. The first-order valence-electron chi connectivity index (χ1n) is 8.76. The first-order valence-corrected chi connectivity index (χ1v) is 10.0. The molecule has 0 unspecified atom stereocenters. The van der Waals surface area contributed by atoms with Gasteiger partial charge in [-0.3, -0.25) is 4.79 Å². The van der Waals surface area contributed by atoms with Crippen molar-refractivity contribution in [3.63, 3.8) is 0 Å². The summed E-state index contributed by atoms with van der Waals surface area (Å²) in [5.41, 5.74) is 1.80. The summed E-state index contributed by atoms with van der Waals surface area (Å²) >= 11 is 7.79. The maximum Gasteiger partial charge on any atom is 0.229 e. The zero-order valence-electron chi connectivity index (χ0n) is 14.5. The minimum Gasteiger partial charge on any atom is -0.355 e. The van der Waals surface area contributed by atoms with Crippen LogP contribution in [-0.4, -0.2) is 24.0 Å². The Balaban J connectivity index is 1.52. The van der Waals surface area contributed by atoms with E-state index in [0.29, 0.717) is 11.6 Å². The van der Waals surface area contributed by atoms with E-state index in [1.54, 1.807) is 11.3 Å².